The molecule has 2 aliphatic rings. The van der Waals surface area contributed by atoms with E-state index in [1.54, 1.807) is 0 Å². The van der Waals surface area contributed by atoms with Gasteiger partial charge in [0.25, 0.3) is 0 Å². The molecule has 0 aromatic heterocycles. The fourth-order valence-corrected chi connectivity index (χ4v) is 2.46. The highest BCUT2D eigenvalue weighted by molar-refractivity contribution is 5.76. The van der Waals surface area contributed by atoms with E-state index in [0.717, 1.165) is 26.1 Å². The molecule has 1 amide bonds. The molecule has 0 spiro atoms. The van der Waals surface area contributed by atoms with Crippen molar-refractivity contribution in [3.63, 3.8) is 0 Å². The van der Waals surface area contributed by atoms with Gasteiger partial charge in [0.2, 0.25) is 5.91 Å². The maximum atomic E-state index is 11.8. The first-order valence-electron chi connectivity index (χ1n) is 6.20. The molecule has 1 N–H and O–H groups in total. The van der Waals surface area contributed by atoms with Gasteiger partial charge in [-0.1, -0.05) is 6.42 Å². The second kappa shape index (κ2) is 4.97. The van der Waals surface area contributed by atoms with Crippen LogP contribution in [0.2, 0.25) is 0 Å². The summed E-state index contributed by atoms with van der Waals surface area (Å²) < 4.78 is 0. The molecular weight excluding hydrogens is 188 g/mol. The lowest BCUT2D eigenvalue weighted by Gasteiger charge is -2.28. The molecule has 3 nitrogen and oxygen atoms in total. The summed E-state index contributed by atoms with van der Waals surface area (Å²) in [5.41, 5.74) is 0. The first-order valence-corrected chi connectivity index (χ1v) is 6.20. The van der Waals surface area contributed by atoms with Crippen LogP contribution in [0.3, 0.4) is 0 Å². The molecule has 1 saturated carbocycles. The summed E-state index contributed by atoms with van der Waals surface area (Å²) in [6.07, 6.45) is 5.88. The van der Waals surface area contributed by atoms with Crippen LogP contribution in [0.4, 0.5) is 0 Å². The van der Waals surface area contributed by atoms with E-state index in [9.17, 15) is 4.79 Å². The molecule has 0 aromatic carbocycles. The number of carbonyl (C=O) groups excluding carboxylic acids is 1. The molecule has 1 saturated heterocycles. The quantitative estimate of drug-likeness (QED) is 0.757. The SMILES string of the molecule is CN(CC1CCNC1)C(=O)CC1CCC1. The monoisotopic (exact) mass is 210 g/mol. The van der Waals surface area contributed by atoms with E-state index >= 15 is 0 Å². The highest BCUT2D eigenvalue weighted by Gasteiger charge is 2.24. The Kier molecular flexibility index (Phi) is 3.62. The average molecular weight is 210 g/mol. The predicted octanol–water partition coefficient (Wildman–Crippen LogP) is 1.24. The summed E-state index contributed by atoms with van der Waals surface area (Å²) in [5.74, 6) is 1.73. The Hall–Kier alpha value is -0.570. The van der Waals surface area contributed by atoms with E-state index in [2.05, 4.69) is 5.32 Å². The Bertz CT molecular complexity index is 220. The molecule has 3 heteroatoms. The zero-order valence-electron chi connectivity index (χ0n) is 9.67. The maximum absolute atomic E-state index is 11.8. The van der Waals surface area contributed by atoms with Crippen LogP contribution in [0.5, 0.6) is 0 Å². The van der Waals surface area contributed by atoms with E-state index in [1.165, 1.54) is 25.7 Å². The maximum Gasteiger partial charge on any atom is 0.222 e. The van der Waals surface area contributed by atoms with Gasteiger partial charge < -0.3 is 10.2 Å². The number of amides is 1. The fraction of sp³-hybridized carbons (Fsp3) is 0.917. The van der Waals surface area contributed by atoms with Gasteiger partial charge in [0, 0.05) is 20.0 Å². The minimum absolute atomic E-state index is 0.353. The van der Waals surface area contributed by atoms with Gasteiger partial charge in [-0.25, -0.2) is 0 Å². The predicted molar refractivity (Wildman–Crippen MR) is 60.6 cm³/mol. The Balaban J connectivity index is 1.68. The highest BCUT2D eigenvalue weighted by atomic mass is 16.2. The van der Waals surface area contributed by atoms with Crippen LogP contribution in [0.15, 0.2) is 0 Å². The molecule has 2 rings (SSSR count). The third kappa shape index (κ3) is 2.94. The summed E-state index contributed by atoms with van der Waals surface area (Å²) in [5, 5.41) is 3.34. The van der Waals surface area contributed by atoms with Crippen molar-refractivity contribution in [1.29, 1.82) is 0 Å². The molecule has 1 aliphatic carbocycles. The summed E-state index contributed by atoms with van der Waals surface area (Å²) in [4.78, 5) is 13.8. The van der Waals surface area contributed by atoms with Crippen molar-refractivity contribution in [3.05, 3.63) is 0 Å². The van der Waals surface area contributed by atoms with Crippen LogP contribution in [0.25, 0.3) is 0 Å². The number of carbonyl (C=O) groups is 1. The van der Waals surface area contributed by atoms with Crippen LogP contribution in [0.1, 0.15) is 32.1 Å². The Morgan fingerprint density at radius 1 is 1.33 bits per heavy atom. The second-order valence-electron chi connectivity index (χ2n) is 5.13. The third-order valence-electron chi connectivity index (χ3n) is 3.81. The van der Waals surface area contributed by atoms with Crippen molar-refractivity contribution < 1.29 is 4.79 Å². The van der Waals surface area contributed by atoms with Gasteiger partial charge in [-0.15, -0.1) is 0 Å². The number of nitrogens with zero attached hydrogens (tertiary/aromatic N) is 1. The van der Waals surface area contributed by atoms with Gasteiger partial charge in [-0.3, -0.25) is 4.79 Å². The van der Waals surface area contributed by atoms with E-state index in [0.29, 0.717) is 17.7 Å². The van der Waals surface area contributed by atoms with E-state index in [-0.39, 0.29) is 0 Å². The first-order chi connectivity index (χ1) is 7.25. The summed E-state index contributed by atoms with van der Waals surface area (Å²) in [7, 11) is 1.96. The van der Waals surface area contributed by atoms with E-state index in [1.807, 2.05) is 11.9 Å². The topological polar surface area (TPSA) is 32.3 Å². The second-order valence-corrected chi connectivity index (χ2v) is 5.13. The molecule has 2 fully saturated rings. The lowest BCUT2D eigenvalue weighted by atomic mass is 9.82. The van der Waals surface area contributed by atoms with Crippen molar-refractivity contribution >= 4 is 5.91 Å². The molecule has 1 aliphatic heterocycles. The standard InChI is InChI=1S/C12H22N2O/c1-14(9-11-5-6-13-8-11)12(15)7-10-3-2-4-10/h10-11,13H,2-9H2,1H3. The van der Waals surface area contributed by atoms with Crippen molar-refractivity contribution in [2.45, 2.75) is 32.1 Å². The van der Waals surface area contributed by atoms with E-state index in [4.69, 9.17) is 0 Å². The first kappa shape index (κ1) is 10.9. The molecule has 0 aromatic rings. The van der Waals surface area contributed by atoms with Crippen LogP contribution >= 0.6 is 0 Å². The minimum atomic E-state index is 0.353. The lowest BCUT2D eigenvalue weighted by Crippen LogP contribution is -2.34. The van der Waals surface area contributed by atoms with Gasteiger partial charge >= 0.3 is 0 Å². The number of nitrogens with one attached hydrogen (secondary N) is 1. The molecule has 1 unspecified atom stereocenters. The van der Waals surface area contributed by atoms with Crippen LogP contribution in [-0.2, 0) is 4.79 Å². The van der Waals surface area contributed by atoms with Gasteiger partial charge in [-0.2, -0.15) is 0 Å². The van der Waals surface area contributed by atoms with E-state index < -0.39 is 0 Å². The van der Waals surface area contributed by atoms with Crippen LogP contribution in [-0.4, -0.2) is 37.5 Å². The smallest absolute Gasteiger partial charge is 0.222 e. The van der Waals surface area contributed by atoms with Crippen LogP contribution < -0.4 is 5.32 Å². The molecule has 0 bridgehead atoms. The van der Waals surface area contributed by atoms with Crippen LogP contribution in [0, 0.1) is 11.8 Å². The summed E-state index contributed by atoms with van der Waals surface area (Å²) in [6, 6.07) is 0. The van der Waals surface area contributed by atoms with Gasteiger partial charge in [0.15, 0.2) is 0 Å². The lowest BCUT2D eigenvalue weighted by molar-refractivity contribution is -0.132. The highest BCUT2D eigenvalue weighted by Crippen LogP contribution is 2.29. The molecule has 0 radical (unpaired) electrons. The average Bonchev–Trinajstić information content (AvgIpc) is 2.63. The number of rotatable bonds is 4. The zero-order chi connectivity index (χ0) is 10.7. The largest absolute Gasteiger partial charge is 0.345 e. The minimum Gasteiger partial charge on any atom is -0.345 e. The zero-order valence-corrected chi connectivity index (χ0v) is 9.67. The summed E-state index contributed by atoms with van der Waals surface area (Å²) >= 11 is 0. The molecule has 15 heavy (non-hydrogen) atoms. The van der Waals surface area contributed by atoms with Gasteiger partial charge in [-0.05, 0) is 44.2 Å². The Labute approximate surface area is 92.2 Å². The Morgan fingerprint density at radius 2 is 2.13 bits per heavy atom. The molecule has 1 heterocycles. The van der Waals surface area contributed by atoms with Crippen molar-refractivity contribution in [3.8, 4) is 0 Å². The number of hydrogen-bond acceptors (Lipinski definition) is 2. The molecule has 1 atom stereocenters. The number of hydrogen-bond donors (Lipinski definition) is 1. The van der Waals surface area contributed by atoms with Gasteiger partial charge in [0.1, 0.15) is 0 Å². The fourth-order valence-electron chi connectivity index (χ4n) is 2.46. The molecule has 86 valence electrons. The Morgan fingerprint density at radius 3 is 2.67 bits per heavy atom. The summed E-state index contributed by atoms with van der Waals surface area (Å²) in [6.45, 7) is 3.15. The van der Waals surface area contributed by atoms with Crippen molar-refractivity contribution in [2.75, 3.05) is 26.7 Å². The normalized spacial score (nSPS) is 26.3. The van der Waals surface area contributed by atoms with Gasteiger partial charge in [0.05, 0.1) is 0 Å². The molecular formula is C12H22N2O. The van der Waals surface area contributed by atoms with Crippen molar-refractivity contribution in [2.24, 2.45) is 11.8 Å². The third-order valence-corrected chi connectivity index (χ3v) is 3.81. The van der Waals surface area contributed by atoms with Crippen molar-refractivity contribution in [1.82, 2.24) is 10.2 Å².